The van der Waals surface area contributed by atoms with Gasteiger partial charge in [0.2, 0.25) is 5.91 Å². The third kappa shape index (κ3) is 4.04. The van der Waals surface area contributed by atoms with E-state index in [4.69, 9.17) is 4.74 Å². The number of likely N-dealkylation sites (tertiary alicyclic amines) is 2. The number of fused-ring (bicyclic) bond motifs is 1. The standard InChI is InChI=1S/C24H27N3O4S/c28-24(26-15-12-19(13-16-26)31-17-18-7-2-1-3-8-18)21-10-6-14-27(21)23-20-9-4-5-11-22(20)32(29,30)25-23/h1-5,7-9,11,19,21H,6,10,12-17H2/t21-/m0/s1. The van der Waals surface area contributed by atoms with Gasteiger partial charge in [-0.15, -0.1) is 4.40 Å². The van der Waals surface area contributed by atoms with Crippen molar-refractivity contribution in [2.75, 3.05) is 19.6 Å². The van der Waals surface area contributed by atoms with Gasteiger partial charge in [0.15, 0.2) is 5.84 Å². The zero-order valence-electron chi connectivity index (χ0n) is 17.9. The molecule has 0 spiro atoms. The van der Waals surface area contributed by atoms with Crippen molar-refractivity contribution >= 4 is 21.8 Å². The van der Waals surface area contributed by atoms with Crippen LogP contribution in [0.15, 0.2) is 63.9 Å². The van der Waals surface area contributed by atoms with Crippen molar-refractivity contribution in [1.29, 1.82) is 0 Å². The van der Waals surface area contributed by atoms with E-state index in [0.29, 0.717) is 44.1 Å². The predicted octanol–water partition coefficient (Wildman–Crippen LogP) is 2.81. The molecule has 1 atom stereocenters. The third-order valence-electron chi connectivity index (χ3n) is 6.50. The molecule has 0 aromatic heterocycles. The fourth-order valence-corrected chi connectivity index (χ4v) is 6.03. The highest BCUT2D eigenvalue weighted by Gasteiger charge is 2.41. The number of amides is 1. The lowest BCUT2D eigenvalue weighted by molar-refractivity contribution is -0.137. The van der Waals surface area contributed by atoms with E-state index in [0.717, 1.165) is 24.8 Å². The minimum absolute atomic E-state index is 0.0634. The summed E-state index contributed by atoms with van der Waals surface area (Å²) in [6.07, 6.45) is 3.32. The number of ether oxygens (including phenoxy) is 1. The lowest BCUT2D eigenvalue weighted by Crippen LogP contribution is -2.50. The second kappa shape index (κ2) is 8.67. The number of hydrogen-bond donors (Lipinski definition) is 0. The molecule has 1 amide bonds. The van der Waals surface area contributed by atoms with Gasteiger partial charge in [0, 0.05) is 25.2 Å². The lowest BCUT2D eigenvalue weighted by atomic mass is 10.1. The minimum atomic E-state index is -3.70. The normalized spacial score (nSPS) is 22.6. The van der Waals surface area contributed by atoms with Gasteiger partial charge in [-0.1, -0.05) is 42.5 Å². The average Bonchev–Trinajstić information content (AvgIpc) is 3.41. The molecule has 0 radical (unpaired) electrons. The van der Waals surface area contributed by atoms with Crippen LogP contribution in [0.3, 0.4) is 0 Å². The van der Waals surface area contributed by atoms with Gasteiger partial charge in [-0.3, -0.25) is 4.79 Å². The lowest BCUT2D eigenvalue weighted by Gasteiger charge is -2.36. The molecule has 0 saturated carbocycles. The van der Waals surface area contributed by atoms with E-state index in [1.165, 1.54) is 0 Å². The SMILES string of the molecule is O=C([C@@H]1CCCN1C1=NS(=O)(=O)c2ccccc21)N1CCC(OCc2ccccc2)CC1. The molecule has 0 unspecified atom stereocenters. The summed E-state index contributed by atoms with van der Waals surface area (Å²) in [5, 5.41) is 0. The molecule has 3 aliphatic rings. The number of sulfonamides is 1. The van der Waals surface area contributed by atoms with Gasteiger partial charge in [0.05, 0.1) is 12.7 Å². The zero-order valence-corrected chi connectivity index (χ0v) is 18.7. The quantitative estimate of drug-likeness (QED) is 0.711. The Labute approximate surface area is 188 Å². The monoisotopic (exact) mass is 453 g/mol. The maximum absolute atomic E-state index is 13.4. The van der Waals surface area contributed by atoms with E-state index >= 15 is 0 Å². The van der Waals surface area contributed by atoms with Gasteiger partial charge < -0.3 is 14.5 Å². The molecule has 3 heterocycles. The largest absolute Gasteiger partial charge is 0.373 e. The second-order valence-electron chi connectivity index (χ2n) is 8.56. The molecule has 2 aromatic rings. The first-order valence-corrected chi connectivity index (χ1v) is 12.6. The van der Waals surface area contributed by atoms with E-state index in [9.17, 15) is 13.2 Å². The van der Waals surface area contributed by atoms with E-state index in [2.05, 4.69) is 16.5 Å². The van der Waals surface area contributed by atoms with Crippen molar-refractivity contribution < 1.29 is 17.9 Å². The van der Waals surface area contributed by atoms with Crippen LogP contribution < -0.4 is 0 Å². The molecule has 2 fully saturated rings. The molecule has 0 aliphatic carbocycles. The van der Waals surface area contributed by atoms with Crippen LogP contribution in [0.4, 0.5) is 0 Å². The molecule has 2 saturated heterocycles. The van der Waals surface area contributed by atoms with Crippen LogP contribution in [0, 0.1) is 0 Å². The number of nitrogens with zero attached hydrogens (tertiary/aromatic N) is 3. The molecule has 168 valence electrons. The summed E-state index contributed by atoms with van der Waals surface area (Å²) in [4.78, 5) is 17.4. The number of carbonyl (C=O) groups is 1. The van der Waals surface area contributed by atoms with Crippen LogP contribution in [0.2, 0.25) is 0 Å². The number of benzene rings is 2. The summed E-state index contributed by atoms with van der Waals surface area (Å²) in [7, 11) is -3.70. The van der Waals surface area contributed by atoms with Crippen LogP contribution in [-0.2, 0) is 26.2 Å². The van der Waals surface area contributed by atoms with Crippen molar-refractivity contribution in [2.45, 2.75) is 49.3 Å². The summed E-state index contributed by atoms with van der Waals surface area (Å²) < 4.78 is 35.0. The van der Waals surface area contributed by atoms with Gasteiger partial charge >= 0.3 is 0 Å². The highest BCUT2D eigenvalue weighted by molar-refractivity contribution is 7.90. The van der Waals surface area contributed by atoms with Gasteiger partial charge in [0.25, 0.3) is 10.0 Å². The summed E-state index contributed by atoms with van der Waals surface area (Å²) in [6.45, 7) is 2.54. The summed E-state index contributed by atoms with van der Waals surface area (Å²) >= 11 is 0. The van der Waals surface area contributed by atoms with Crippen molar-refractivity contribution in [3.63, 3.8) is 0 Å². The number of hydrogen-bond acceptors (Lipinski definition) is 5. The van der Waals surface area contributed by atoms with Crippen LogP contribution >= 0.6 is 0 Å². The first-order chi connectivity index (χ1) is 15.5. The van der Waals surface area contributed by atoms with Crippen molar-refractivity contribution in [3.8, 4) is 0 Å². The molecule has 32 heavy (non-hydrogen) atoms. The Morgan fingerprint density at radius 2 is 1.69 bits per heavy atom. The molecule has 8 heteroatoms. The molecule has 0 N–H and O–H groups in total. The highest BCUT2D eigenvalue weighted by atomic mass is 32.2. The molecular formula is C24H27N3O4S. The Kier molecular flexibility index (Phi) is 5.73. The van der Waals surface area contributed by atoms with Gasteiger partial charge in [-0.25, -0.2) is 0 Å². The van der Waals surface area contributed by atoms with Gasteiger partial charge in [0.1, 0.15) is 10.9 Å². The molecule has 2 aromatic carbocycles. The van der Waals surface area contributed by atoms with Crippen molar-refractivity contribution in [1.82, 2.24) is 9.80 Å². The minimum Gasteiger partial charge on any atom is -0.373 e. The topological polar surface area (TPSA) is 79.3 Å². The summed E-state index contributed by atoms with van der Waals surface area (Å²) in [5.41, 5.74) is 1.75. The smallest absolute Gasteiger partial charge is 0.285 e. The van der Waals surface area contributed by atoms with Gasteiger partial charge in [-0.05, 0) is 43.4 Å². The zero-order chi connectivity index (χ0) is 22.1. The van der Waals surface area contributed by atoms with Crippen LogP contribution in [-0.4, -0.2) is 61.7 Å². The molecule has 7 nitrogen and oxygen atoms in total. The first kappa shape index (κ1) is 21.2. The Morgan fingerprint density at radius 1 is 0.969 bits per heavy atom. The van der Waals surface area contributed by atoms with Crippen LogP contribution in [0.1, 0.15) is 36.8 Å². The van der Waals surface area contributed by atoms with Gasteiger partial charge in [-0.2, -0.15) is 8.42 Å². The number of carbonyl (C=O) groups excluding carboxylic acids is 1. The van der Waals surface area contributed by atoms with E-state index < -0.39 is 10.0 Å². The Balaban J connectivity index is 1.23. The highest BCUT2D eigenvalue weighted by Crippen LogP contribution is 2.32. The Bertz CT molecular complexity index is 1120. The number of amidine groups is 1. The second-order valence-corrected chi connectivity index (χ2v) is 10.1. The van der Waals surface area contributed by atoms with E-state index in [1.807, 2.05) is 34.1 Å². The maximum atomic E-state index is 13.4. The van der Waals surface area contributed by atoms with Crippen LogP contribution in [0.25, 0.3) is 0 Å². The van der Waals surface area contributed by atoms with E-state index in [-0.39, 0.29) is 22.9 Å². The fourth-order valence-electron chi connectivity index (χ4n) is 4.81. The molecule has 0 bridgehead atoms. The molecular weight excluding hydrogens is 426 g/mol. The maximum Gasteiger partial charge on any atom is 0.285 e. The Morgan fingerprint density at radius 3 is 2.47 bits per heavy atom. The third-order valence-corrected chi connectivity index (χ3v) is 7.83. The fraction of sp³-hybridized carbons (Fsp3) is 0.417. The van der Waals surface area contributed by atoms with E-state index in [1.54, 1.807) is 18.2 Å². The van der Waals surface area contributed by atoms with Crippen LogP contribution in [0.5, 0.6) is 0 Å². The average molecular weight is 454 g/mol. The Hall–Kier alpha value is -2.71. The first-order valence-electron chi connectivity index (χ1n) is 11.2. The van der Waals surface area contributed by atoms with Crippen molar-refractivity contribution in [3.05, 3.63) is 65.7 Å². The number of rotatable bonds is 4. The summed E-state index contributed by atoms with van der Waals surface area (Å²) in [6, 6.07) is 16.6. The van der Waals surface area contributed by atoms with Crippen molar-refractivity contribution in [2.24, 2.45) is 4.40 Å². The molecule has 3 aliphatic heterocycles. The number of piperidine rings is 1. The summed E-state index contributed by atoms with van der Waals surface area (Å²) in [5.74, 6) is 0.478. The predicted molar refractivity (Wildman–Crippen MR) is 121 cm³/mol. The molecule has 5 rings (SSSR count).